The lowest BCUT2D eigenvalue weighted by Crippen LogP contribution is -2.12. The lowest BCUT2D eigenvalue weighted by atomic mass is 10.2. The first-order valence-electron chi connectivity index (χ1n) is 4.55. The van der Waals surface area contributed by atoms with Crippen molar-refractivity contribution in [3.63, 3.8) is 0 Å². The minimum atomic E-state index is 0.00757. The van der Waals surface area contributed by atoms with Crippen LogP contribution in [0.1, 0.15) is 11.3 Å². The molecule has 0 aliphatic heterocycles. The van der Waals surface area contributed by atoms with Gasteiger partial charge in [-0.15, -0.1) is 0 Å². The average Bonchev–Trinajstić information content (AvgIpc) is 2.64. The van der Waals surface area contributed by atoms with Gasteiger partial charge in [0.1, 0.15) is 12.1 Å². The van der Waals surface area contributed by atoms with Crippen molar-refractivity contribution < 1.29 is 4.42 Å². The number of rotatable bonds is 3. The van der Waals surface area contributed by atoms with Crippen molar-refractivity contribution in [1.29, 1.82) is 5.41 Å². The molecule has 0 aliphatic carbocycles. The van der Waals surface area contributed by atoms with Crippen LogP contribution in [0.2, 0.25) is 0 Å². The molecule has 16 heavy (non-hydrogen) atoms. The summed E-state index contributed by atoms with van der Waals surface area (Å²) in [6.45, 7) is 1.85. The fraction of sp³-hybridized carbons (Fsp3) is 0.100. The molecule has 0 unspecified atom stereocenters. The van der Waals surface area contributed by atoms with Crippen LogP contribution in [-0.2, 0) is 0 Å². The summed E-state index contributed by atoms with van der Waals surface area (Å²) in [5.41, 5.74) is 6.92. The van der Waals surface area contributed by atoms with E-state index in [2.05, 4.69) is 9.97 Å². The highest BCUT2D eigenvalue weighted by atomic mass is 32.2. The fourth-order valence-electron chi connectivity index (χ4n) is 1.16. The standard InChI is InChI=1S/C10H10N4OS/c1-6-5-15-10(14-6)16-8-4-13-3-2-7(8)9(11)12/h2-5H,1H3,(H3,11,12). The molecule has 0 fully saturated rings. The first kappa shape index (κ1) is 10.7. The van der Waals surface area contributed by atoms with E-state index in [4.69, 9.17) is 15.6 Å². The van der Waals surface area contributed by atoms with Gasteiger partial charge in [0.15, 0.2) is 0 Å². The lowest BCUT2D eigenvalue weighted by molar-refractivity contribution is 0.454. The van der Waals surface area contributed by atoms with Gasteiger partial charge in [0, 0.05) is 22.9 Å². The Hall–Kier alpha value is -1.82. The number of aromatic nitrogens is 2. The molecule has 0 saturated carbocycles. The molecule has 82 valence electrons. The molecule has 0 atom stereocenters. The summed E-state index contributed by atoms with van der Waals surface area (Å²) in [5, 5.41) is 7.95. The Kier molecular flexibility index (Phi) is 2.91. The molecule has 0 aromatic carbocycles. The van der Waals surface area contributed by atoms with Crippen molar-refractivity contribution in [2.75, 3.05) is 0 Å². The van der Waals surface area contributed by atoms with E-state index in [-0.39, 0.29) is 5.84 Å². The van der Waals surface area contributed by atoms with Gasteiger partial charge in [0.25, 0.3) is 5.22 Å². The second kappa shape index (κ2) is 4.36. The quantitative estimate of drug-likeness (QED) is 0.624. The molecule has 2 aromatic rings. The molecule has 2 aromatic heterocycles. The molecule has 6 heteroatoms. The number of nitrogen functional groups attached to an aromatic ring is 1. The third-order valence-electron chi connectivity index (χ3n) is 1.87. The predicted octanol–water partition coefficient (Wildman–Crippen LogP) is 1.81. The zero-order valence-corrected chi connectivity index (χ0v) is 9.41. The van der Waals surface area contributed by atoms with E-state index in [0.29, 0.717) is 10.8 Å². The Bertz CT molecular complexity index is 523. The Balaban J connectivity index is 2.31. The summed E-state index contributed by atoms with van der Waals surface area (Å²) in [4.78, 5) is 8.91. The monoisotopic (exact) mass is 234 g/mol. The van der Waals surface area contributed by atoms with Crippen LogP contribution in [0.15, 0.2) is 39.3 Å². The predicted molar refractivity (Wildman–Crippen MR) is 60.6 cm³/mol. The van der Waals surface area contributed by atoms with Crippen LogP contribution >= 0.6 is 11.8 Å². The van der Waals surface area contributed by atoms with Crippen LogP contribution in [0.4, 0.5) is 0 Å². The number of oxazole rings is 1. The van der Waals surface area contributed by atoms with Crippen molar-refractivity contribution in [3.05, 3.63) is 36.0 Å². The summed E-state index contributed by atoms with van der Waals surface area (Å²) in [5.74, 6) is 0.00757. The van der Waals surface area contributed by atoms with Gasteiger partial charge < -0.3 is 10.2 Å². The van der Waals surface area contributed by atoms with Crippen LogP contribution in [0.5, 0.6) is 0 Å². The SMILES string of the molecule is Cc1coc(Sc2cnccc2C(=N)N)n1. The maximum Gasteiger partial charge on any atom is 0.260 e. The summed E-state index contributed by atoms with van der Waals surface area (Å²) in [7, 11) is 0. The van der Waals surface area contributed by atoms with E-state index in [0.717, 1.165) is 10.6 Å². The van der Waals surface area contributed by atoms with Crippen molar-refractivity contribution in [3.8, 4) is 0 Å². The zero-order valence-electron chi connectivity index (χ0n) is 8.60. The summed E-state index contributed by atoms with van der Waals surface area (Å²) >= 11 is 1.30. The van der Waals surface area contributed by atoms with Gasteiger partial charge >= 0.3 is 0 Å². The van der Waals surface area contributed by atoms with Crippen LogP contribution in [-0.4, -0.2) is 15.8 Å². The van der Waals surface area contributed by atoms with E-state index in [9.17, 15) is 0 Å². The number of hydrogen-bond acceptors (Lipinski definition) is 5. The maximum atomic E-state index is 7.43. The molecule has 3 N–H and O–H groups in total. The first-order chi connectivity index (χ1) is 7.66. The Morgan fingerprint density at radius 2 is 2.38 bits per heavy atom. The van der Waals surface area contributed by atoms with Gasteiger partial charge in [-0.3, -0.25) is 10.4 Å². The number of amidine groups is 1. The molecule has 0 aliphatic rings. The topological polar surface area (TPSA) is 88.8 Å². The third-order valence-corrected chi connectivity index (χ3v) is 2.78. The third kappa shape index (κ3) is 2.22. The summed E-state index contributed by atoms with van der Waals surface area (Å²) in [6.07, 6.45) is 4.81. The molecule has 0 radical (unpaired) electrons. The summed E-state index contributed by atoms with van der Waals surface area (Å²) < 4.78 is 5.22. The molecular formula is C10H10N4OS. The molecule has 0 bridgehead atoms. The summed E-state index contributed by atoms with van der Waals surface area (Å²) in [6, 6.07) is 1.69. The number of pyridine rings is 1. The van der Waals surface area contributed by atoms with Crippen molar-refractivity contribution in [1.82, 2.24) is 9.97 Å². The van der Waals surface area contributed by atoms with E-state index < -0.39 is 0 Å². The number of hydrogen-bond donors (Lipinski definition) is 2. The average molecular weight is 234 g/mol. The van der Waals surface area contributed by atoms with Gasteiger partial charge in [-0.05, 0) is 24.8 Å². The highest BCUT2D eigenvalue weighted by Gasteiger charge is 2.10. The Labute approximate surface area is 96.6 Å². The molecule has 5 nitrogen and oxygen atoms in total. The second-order valence-corrected chi connectivity index (χ2v) is 4.14. The molecular weight excluding hydrogens is 224 g/mol. The van der Waals surface area contributed by atoms with Gasteiger partial charge in [0.2, 0.25) is 0 Å². The van der Waals surface area contributed by atoms with Gasteiger partial charge in [-0.1, -0.05) is 0 Å². The van der Waals surface area contributed by atoms with E-state index in [1.54, 1.807) is 24.7 Å². The minimum Gasteiger partial charge on any atom is -0.439 e. The Morgan fingerprint density at radius 3 is 3.00 bits per heavy atom. The maximum absolute atomic E-state index is 7.43. The van der Waals surface area contributed by atoms with E-state index in [1.165, 1.54) is 11.8 Å². The number of aryl methyl sites for hydroxylation is 1. The van der Waals surface area contributed by atoms with Crippen molar-refractivity contribution in [2.45, 2.75) is 17.0 Å². The first-order valence-corrected chi connectivity index (χ1v) is 5.37. The number of nitrogens with two attached hydrogens (primary N) is 1. The van der Waals surface area contributed by atoms with Gasteiger partial charge in [-0.25, -0.2) is 4.98 Å². The van der Waals surface area contributed by atoms with Crippen molar-refractivity contribution >= 4 is 17.6 Å². The van der Waals surface area contributed by atoms with Crippen LogP contribution in [0.25, 0.3) is 0 Å². The largest absolute Gasteiger partial charge is 0.439 e. The molecule has 2 rings (SSSR count). The zero-order chi connectivity index (χ0) is 11.5. The van der Waals surface area contributed by atoms with Gasteiger partial charge in [-0.2, -0.15) is 0 Å². The molecule has 2 heterocycles. The highest BCUT2D eigenvalue weighted by Crippen LogP contribution is 2.28. The van der Waals surface area contributed by atoms with Crippen LogP contribution < -0.4 is 5.73 Å². The van der Waals surface area contributed by atoms with Crippen LogP contribution in [0.3, 0.4) is 0 Å². The lowest BCUT2D eigenvalue weighted by Gasteiger charge is -2.03. The number of nitrogens with one attached hydrogen (secondary N) is 1. The minimum absolute atomic E-state index is 0.00757. The molecule has 0 spiro atoms. The Morgan fingerprint density at radius 1 is 1.56 bits per heavy atom. The smallest absolute Gasteiger partial charge is 0.260 e. The molecule has 0 saturated heterocycles. The normalized spacial score (nSPS) is 10.3. The molecule has 0 amide bonds. The van der Waals surface area contributed by atoms with Crippen LogP contribution in [0, 0.1) is 12.3 Å². The number of nitrogens with zero attached hydrogens (tertiary/aromatic N) is 2. The van der Waals surface area contributed by atoms with E-state index in [1.807, 2.05) is 6.92 Å². The second-order valence-electron chi connectivity index (χ2n) is 3.14. The van der Waals surface area contributed by atoms with Crippen molar-refractivity contribution in [2.24, 2.45) is 5.73 Å². The fourth-order valence-corrected chi connectivity index (χ4v) is 2.03. The van der Waals surface area contributed by atoms with E-state index >= 15 is 0 Å². The van der Waals surface area contributed by atoms with Gasteiger partial charge in [0.05, 0.1) is 5.69 Å². The highest BCUT2D eigenvalue weighted by molar-refractivity contribution is 7.99.